The minimum atomic E-state index is -0.532. The van der Waals surface area contributed by atoms with Crippen LogP contribution in [-0.4, -0.2) is 26.0 Å². The van der Waals surface area contributed by atoms with E-state index in [-0.39, 0.29) is 33.9 Å². The van der Waals surface area contributed by atoms with Crippen molar-refractivity contribution in [3.05, 3.63) is 162 Å². The van der Waals surface area contributed by atoms with Gasteiger partial charge in [0, 0.05) is 46.8 Å². The summed E-state index contributed by atoms with van der Waals surface area (Å²) in [7, 11) is 3.14. The number of nitrogens with one attached hydrogen (secondary N) is 2. The van der Waals surface area contributed by atoms with Crippen molar-refractivity contribution in [2.45, 2.75) is 47.0 Å². The Hall–Kier alpha value is -6.68. The van der Waals surface area contributed by atoms with E-state index in [0.717, 1.165) is 33.4 Å². The van der Waals surface area contributed by atoms with Crippen LogP contribution in [0.25, 0.3) is 22.6 Å². The van der Waals surface area contributed by atoms with Crippen molar-refractivity contribution in [2.75, 3.05) is 24.9 Å². The molecule has 0 radical (unpaired) electrons. The smallest absolute Gasteiger partial charge is 0.291 e. The average Bonchev–Trinajstić information content (AvgIpc) is 3.19. The van der Waals surface area contributed by atoms with Gasteiger partial charge in [-0.25, -0.2) is 0 Å². The summed E-state index contributed by atoms with van der Waals surface area (Å²) in [6.45, 7) is 7.89. The third-order valence-corrected chi connectivity index (χ3v) is 9.43. The van der Waals surface area contributed by atoms with Gasteiger partial charge in [0.15, 0.2) is 22.4 Å². The lowest BCUT2D eigenvalue weighted by Crippen LogP contribution is -2.17. The van der Waals surface area contributed by atoms with E-state index in [9.17, 15) is 19.2 Å². The SMILES string of the molecule is CCc1cc(Cc2ccc(C)c(NC(=O)c3cc(=O)cc(-c4ccc(OC)cc4)o3)c2CC)cc(C)c1NC(=O)c1cc(=O)cc(-c2ccc(OC)cc2)o1. The van der Waals surface area contributed by atoms with Crippen LogP contribution in [0.3, 0.4) is 0 Å². The molecule has 6 aromatic rings. The first-order chi connectivity index (χ1) is 26.5. The first-order valence-corrected chi connectivity index (χ1v) is 18.0. The van der Waals surface area contributed by atoms with E-state index in [1.807, 2.05) is 39.8 Å². The predicted molar refractivity (Wildman–Crippen MR) is 214 cm³/mol. The Bertz CT molecular complexity index is 2500. The minimum Gasteiger partial charge on any atom is -0.497 e. The van der Waals surface area contributed by atoms with Crippen LogP contribution in [0.4, 0.5) is 11.4 Å². The van der Waals surface area contributed by atoms with Gasteiger partial charge >= 0.3 is 0 Å². The summed E-state index contributed by atoms with van der Waals surface area (Å²) in [5.41, 5.74) is 7.53. The molecular weight excluding hydrogens is 697 g/mol. The normalized spacial score (nSPS) is 10.9. The molecule has 2 N–H and O–H groups in total. The van der Waals surface area contributed by atoms with Crippen molar-refractivity contribution in [1.29, 1.82) is 0 Å². The highest BCUT2D eigenvalue weighted by Crippen LogP contribution is 2.31. The number of ether oxygens (including phenoxy) is 2. The van der Waals surface area contributed by atoms with Gasteiger partial charge in [0.25, 0.3) is 11.8 Å². The molecule has 0 atom stereocenters. The summed E-state index contributed by atoms with van der Waals surface area (Å²) in [5.74, 6) is 0.601. The van der Waals surface area contributed by atoms with Gasteiger partial charge in [-0.3, -0.25) is 19.2 Å². The van der Waals surface area contributed by atoms with Gasteiger partial charge in [0.1, 0.15) is 23.0 Å². The lowest BCUT2D eigenvalue weighted by atomic mass is 9.92. The highest BCUT2D eigenvalue weighted by molar-refractivity contribution is 6.04. The standard InChI is InChI=1S/C45H42N2O8/c1-7-29-20-28(19-27(4)42(29)46-44(50)40-24-33(48)22-38(54-40)30-11-15-35(52-5)16-12-30)21-32-10-9-26(3)43(37(32)8-2)47-45(51)41-25-34(49)23-39(55-41)31-13-17-36(53-6)18-14-31/h9-20,22-25H,7-8,21H2,1-6H3,(H,46,50)(H,47,51). The van der Waals surface area contributed by atoms with Gasteiger partial charge in [0.2, 0.25) is 0 Å². The van der Waals surface area contributed by atoms with Crippen molar-refractivity contribution in [3.8, 4) is 34.1 Å². The molecular formula is C45H42N2O8. The van der Waals surface area contributed by atoms with Gasteiger partial charge < -0.3 is 28.9 Å². The molecule has 0 bridgehead atoms. The third-order valence-electron chi connectivity index (χ3n) is 9.43. The van der Waals surface area contributed by atoms with Crippen LogP contribution in [0, 0.1) is 13.8 Å². The average molecular weight is 739 g/mol. The molecule has 2 amide bonds. The maximum absolute atomic E-state index is 13.6. The molecule has 6 rings (SSSR count). The molecule has 280 valence electrons. The number of hydrogen-bond donors (Lipinski definition) is 2. The Labute approximate surface area is 318 Å². The number of amides is 2. The second-order valence-electron chi connectivity index (χ2n) is 13.1. The summed E-state index contributed by atoms with van der Waals surface area (Å²) in [6, 6.07) is 27.2. The molecule has 0 fully saturated rings. The lowest BCUT2D eigenvalue weighted by molar-refractivity contribution is 0.0988. The lowest BCUT2D eigenvalue weighted by Gasteiger charge is -2.19. The molecule has 2 heterocycles. The maximum Gasteiger partial charge on any atom is 0.291 e. The highest BCUT2D eigenvalue weighted by Gasteiger charge is 2.20. The zero-order valence-corrected chi connectivity index (χ0v) is 31.6. The largest absolute Gasteiger partial charge is 0.497 e. The Kier molecular flexibility index (Phi) is 11.5. The Morgan fingerprint density at radius 2 is 1.09 bits per heavy atom. The molecule has 10 nitrogen and oxygen atoms in total. The monoisotopic (exact) mass is 738 g/mol. The topological polar surface area (TPSA) is 137 Å². The molecule has 0 saturated carbocycles. The molecule has 0 aliphatic carbocycles. The van der Waals surface area contributed by atoms with Gasteiger partial charge in [-0.2, -0.15) is 0 Å². The zero-order valence-electron chi connectivity index (χ0n) is 31.6. The van der Waals surface area contributed by atoms with E-state index in [1.54, 1.807) is 62.8 Å². The minimum absolute atomic E-state index is 0.0993. The third kappa shape index (κ3) is 8.60. The first kappa shape index (κ1) is 38.1. The van der Waals surface area contributed by atoms with E-state index >= 15 is 0 Å². The molecule has 0 unspecified atom stereocenters. The second-order valence-corrected chi connectivity index (χ2v) is 13.1. The highest BCUT2D eigenvalue weighted by atomic mass is 16.5. The number of anilines is 2. The number of rotatable bonds is 12. The van der Waals surface area contributed by atoms with E-state index in [0.29, 0.717) is 53.3 Å². The van der Waals surface area contributed by atoms with Crippen molar-refractivity contribution < 1.29 is 27.9 Å². The molecule has 2 aromatic heterocycles. The predicted octanol–water partition coefficient (Wildman–Crippen LogP) is 8.78. The van der Waals surface area contributed by atoms with Crippen LogP contribution in [0.1, 0.15) is 68.3 Å². The Balaban J connectivity index is 1.24. The fourth-order valence-corrected chi connectivity index (χ4v) is 6.60. The van der Waals surface area contributed by atoms with Gasteiger partial charge in [-0.1, -0.05) is 38.1 Å². The summed E-state index contributed by atoms with van der Waals surface area (Å²) in [4.78, 5) is 52.3. The maximum atomic E-state index is 13.6. The number of methoxy groups -OCH3 is 2. The molecule has 10 heteroatoms. The fraction of sp³-hybridized carbons (Fsp3) is 0.200. The number of aryl methyl sites for hydroxylation is 3. The van der Waals surface area contributed by atoms with Gasteiger partial charge in [0.05, 0.1) is 14.2 Å². The van der Waals surface area contributed by atoms with Gasteiger partial charge in [-0.05, 0) is 115 Å². The summed E-state index contributed by atoms with van der Waals surface area (Å²) >= 11 is 0. The van der Waals surface area contributed by atoms with Crippen LogP contribution in [0.15, 0.2) is 115 Å². The number of hydrogen-bond acceptors (Lipinski definition) is 8. The fourth-order valence-electron chi connectivity index (χ4n) is 6.60. The van der Waals surface area contributed by atoms with Crippen molar-refractivity contribution in [3.63, 3.8) is 0 Å². The summed E-state index contributed by atoms with van der Waals surface area (Å²) in [6.07, 6.45) is 1.84. The molecule has 0 aliphatic heterocycles. The summed E-state index contributed by atoms with van der Waals surface area (Å²) < 4.78 is 22.3. The van der Waals surface area contributed by atoms with Crippen LogP contribution in [0.2, 0.25) is 0 Å². The quantitative estimate of drug-likeness (QED) is 0.127. The first-order valence-electron chi connectivity index (χ1n) is 18.0. The van der Waals surface area contributed by atoms with Crippen LogP contribution in [0.5, 0.6) is 11.5 Å². The summed E-state index contributed by atoms with van der Waals surface area (Å²) in [5, 5.41) is 6.01. The van der Waals surface area contributed by atoms with E-state index < -0.39 is 11.8 Å². The van der Waals surface area contributed by atoms with E-state index in [4.69, 9.17) is 18.3 Å². The van der Waals surface area contributed by atoms with Crippen LogP contribution in [-0.2, 0) is 19.3 Å². The van der Waals surface area contributed by atoms with E-state index in [2.05, 4.69) is 22.8 Å². The molecule has 4 aromatic carbocycles. The molecule has 55 heavy (non-hydrogen) atoms. The Morgan fingerprint density at radius 3 is 1.56 bits per heavy atom. The van der Waals surface area contributed by atoms with Crippen molar-refractivity contribution in [2.24, 2.45) is 0 Å². The number of carbonyl (C=O) groups excluding carboxylic acids is 2. The zero-order chi connectivity index (χ0) is 39.2. The molecule has 0 aliphatic rings. The van der Waals surface area contributed by atoms with Crippen LogP contribution < -0.4 is 31.0 Å². The number of benzene rings is 4. The Morgan fingerprint density at radius 1 is 0.582 bits per heavy atom. The number of carbonyl (C=O) groups is 2. The van der Waals surface area contributed by atoms with Crippen LogP contribution >= 0.6 is 0 Å². The van der Waals surface area contributed by atoms with Gasteiger partial charge in [-0.15, -0.1) is 0 Å². The van der Waals surface area contributed by atoms with Crippen molar-refractivity contribution in [1.82, 2.24) is 0 Å². The second kappa shape index (κ2) is 16.6. The molecule has 0 spiro atoms. The van der Waals surface area contributed by atoms with Crippen molar-refractivity contribution >= 4 is 23.2 Å². The molecule has 0 saturated heterocycles. The van der Waals surface area contributed by atoms with E-state index in [1.165, 1.54) is 24.3 Å².